The van der Waals surface area contributed by atoms with Crippen molar-refractivity contribution in [2.45, 2.75) is 0 Å². The zero-order chi connectivity index (χ0) is 12.9. The molecule has 0 unspecified atom stereocenters. The first kappa shape index (κ1) is 15.1. The monoisotopic (exact) mass is 265 g/mol. The predicted molar refractivity (Wildman–Crippen MR) is 89.7 cm³/mol. The van der Waals surface area contributed by atoms with Crippen LogP contribution in [-0.2, 0) is 0 Å². The van der Waals surface area contributed by atoms with Crippen LogP contribution in [0.3, 0.4) is 0 Å². The Morgan fingerprint density at radius 3 is 0.900 bits per heavy atom. The number of benzene rings is 3. The van der Waals surface area contributed by atoms with Gasteiger partial charge in [-0.25, -0.2) is 0 Å². The molecule has 91 valence electrons. The SMILES string of the molecule is [Na].c1ccc(B(c2ccccc2)c2ccccc2)cc1. The van der Waals surface area contributed by atoms with E-state index in [-0.39, 0.29) is 29.6 Å². The minimum absolute atomic E-state index is 0. The second kappa shape index (κ2) is 7.49. The maximum Gasteiger partial charge on any atom is 0.241 e. The van der Waals surface area contributed by atoms with Gasteiger partial charge in [-0.15, -0.1) is 0 Å². The van der Waals surface area contributed by atoms with Gasteiger partial charge >= 0.3 is 0 Å². The molecule has 0 fully saturated rings. The topological polar surface area (TPSA) is 0 Å². The van der Waals surface area contributed by atoms with Crippen molar-refractivity contribution in [1.82, 2.24) is 0 Å². The summed E-state index contributed by atoms with van der Waals surface area (Å²) in [5.41, 5.74) is 4.00. The third-order valence-corrected chi connectivity index (χ3v) is 3.40. The van der Waals surface area contributed by atoms with E-state index in [0.29, 0.717) is 6.71 Å². The molecule has 0 saturated carbocycles. The normalized spacial score (nSPS) is 9.60. The molecule has 3 aromatic rings. The van der Waals surface area contributed by atoms with E-state index in [2.05, 4.69) is 91.0 Å². The second-order valence-corrected chi connectivity index (χ2v) is 4.67. The molecular formula is C18H15BNa. The van der Waals surface area contributed by atoms with E-state index in [0.717, 1.165) is 0 Å². The van der Waals surface area contributed by atoms with E-state index in [4.69, 9.17) is 0 Å². The summed E-state index contributed by atoms with van der Waals surface area (Å²) in [6.45, 7) is 0.309. The number of hydrogen-bond donors (Lipinski definition) is 0. The smallest absolute Gasteiger partial charge is 0.0687 e. The molecule has 0 aliphatic carbocycles. The van der Waals surface area contributed by atoms with E-state index in [9.17, 15) is 0 Å². The van der Waals surface area contributed by atoms with Gasteiger partial charge < -0.3 is 0 Å². The average molecular weight is 265 g/mol. The Bertz CT molecular complexity index is 529. The molecule has 0 heterocycles. The van der Waals surface area contributed by atoms with Crippen molar-refractivity contribution in [3.8, 4) is 0 Å². The van der Waals surface area contributed by atoms with Crippen molar-refractivity contribution in [3.63, 3.8) is 0 Å². The Labute approximate surface area is 143 Å². The summed E-state index contributed by atoms with van der Waals surface area (Å²) >= 11 is 0. The first-order valence-corrected chi connectivity index (χ1v) is 6.60. The van der Waals surface area contributed by atoms with Crippen LogP contribution < -0.4 is 16.4 Å². The van der Waals surface area contributed by atoms with E-state index in [1.165, 1.54) is 16.4 Å². The van der Waals surface area contributed by atoms with Crippen molar-refractivity contribution in [2.24, 2.45) is 0 Å². The van der Waals surface area contributed by atoms with Gasteiger partial charge in [0.15, 0.2) is 0 Å². The Kier molecular flexibility index (Phi) is 5.66. The molecule has 0 aromatic heterocycles. The molecule has 0 aliphatic heterocycles. The molecule has 3 aromatic carbocycles. The van der Waals surface area contributed by atoms with Gasteiger partial charge in [-0.2, -0.15) is 0 Å². The summed E-state index contributed by atoms with van der Waals surface area (Å²) in [4.78, 5) is 0. The standard InChI is InChI=1S/C18H15B.Na/c1-4-10-16(11-5-1)19(17-12-6-2-7-13-17)18-14-8-3-9-15-18;/h1-15H;. The molecule has 1 radical (unpaired) electrons. The van der Waals surface area contributed by atoms with Crippen LogP contribution in [-0.4, -0.2) is 36.3 Å². The predicted octanol–water partition coefficient (Wildman–Crippen LogP) is 1.82. The molecule has 0 amide bonds. The fourth-order valence-corrected chi connectivity index (χ4v) is 2.51. The Hall–Kier alpha value is -1.28. The van der Waals surface area contributed by atoms with Gasteiger partial charge in [0.1, 0.15) is 0 Å². The summed E-state index contributed by atoms with van der Waals surface area (Å²) in [7, 11) is 0. The van der Waals surface area contributed by atoms with Crippen molar-refractivity contribution < 1.29 is 0 Å². The van der Waals surface area contributed by atoms with Crippen LogP contribution in [0.25, 0.3) is 0 Å². The molecule has 2 heteroatoms. The van der Waals surface area contributed by atoms with Crippen LogP contribution in [0, 0.1) is 0 Å². The molecule has 20 heavy (non-hydrogen) atoms. The Morgan fingerprint density at radius 2 is 0.650 bits per heavy atom. The summed E-state index contributed by atoms with van der Waals surface area (Å²) in [5.74, 6) is 0. The van der Waals surface area contributed by atoms with Gasteiger partial charge in [0.2, 0.25) is 6.71 Å². The quantitative estimate of drug-likeness (QED) is 0.634. The van der Waals surface area contributed by atoms with Crippen molar-refractivity contribution in [2.75, 3.05) is 0 Å². The first-order valence-electron chi connectivity index (χ1n) is 6.60. The fraction of sp³-hybridized carbons (Fsp3) is 0. The molecular weight excluding hydrogens is 250 g/mol. The van der Waals surface area contributed by atoms with Crippen LogP contribution in [0.2, 0.25) is 0 Å². The average Bonchev–Trinajstić information content (AvgIpc) is 2.51. The second-order valence-electron chi connectivity index (χ2n) is 4.67. The Morgan fingerprint density at radius 1 is 0.400 bits per heavy atom. The summed E-state index contributed by atoms with van der Waals surface area (Å²) in [6.07, 6.45) is 0. The summed E-state index contributed by atoms with van der Waals surface area (Å²) in [6, 6.07) is 32.0. The summed E-state index contributed by atoms with van der Waals surface area (Å²) in [5, 5.41) is 0. The van der Waals surface area contributed by atoms with Gasteiger partial charge in [0.25, 0.3) is 0 Å². The van der Waals surface area contributed by atoms with Gasteiger partial charge in [-0.3, -0.25) is 0 Å². The van der Waals surface area contributed by atoms with Crippen molar-refractivity contribution in [1.29, 1.82) is 0 Å². The molecule has 0 spiro atoms. The van der Waals surface area contributed by atoms with Crippen molar-refractivity contribution >= 4 is 52.7 Å². The van der Waals surface area contributed by atoms with Crippen molar-refractivity contribution in [3.05, 3.63) is 91.0 Å². The third-order valence-electron chi connectivity index (χ3n) is 3.40. The van der Waals surface area contributed by atoms with Gasteiger partial charge in [-0.1, -0.05) is 107 Å². The molecule has 3 rings (SSSR count). The third kappa shape index (κ3) is 3.43. The molecule has 0 N–H and O–H groups in total. The van der Waals surface area contributed by atoms with Crippen LogP contribution in [0.15, 0.2) is 91.0 Å². The number of hydrogen-bond acceptors (Lipinski definition) is 0. The van der Waals surface area contributed by atoms with Crippen LogP contribution in [0.4, 0.5) is 0 Å². The minimum atomic E-state index is 0. The zero-order valence-corrected chi connectivity index (χ0v) is 13.7. The number of rotatable bonds is 3. The van der Waals surface area contributed by atoms with E-state index >= 15 is 0 Å². The summed E-state index contributed by atoms with van der Waals surface area (Å²) < 4.78 is 0. The molecule has 0 aliphatic rings. The van der Waals surface area contributed by atoms with Crippen LogP contribution >= 0.6 is 0 Å². The van der Waals surface area contributed by atoms with Gasteiger partial charge in [0, 0.05) is 29.6 Å². The fourth-order valence-electron chi connectivity index (χ4n) is 2.51. The van der Waals surface area contributed by atoms with E-state index in [1.807, 2.05) is 0 Å². The maximum absolute atomic E-state index is 2.20. The molecule has 0 nitrogen and oxygen atoms in total. The van der Waals surface area contributed by atoms with Gasteiger partial charge in [0.05, 0.1) is 0 Å². The maximum atomic E-state index is 2.20. The Balaban J connectivity index is 0.00000147. The van der Waals surface area contributed by atoms with E-state index in [1.54, 1.807) is 0 Å². The largest absolute Gasteiger partial charge is 0.241 e. The van der Waals surface area contributed by atoms with Crippen LogP contribution in [0.5, 0.6) is 0 Å². The minimum Gasteiger partial charge on any atom is -0.0687 e. The molecule has 0 bridgehead atoms. The van der Waals surface area contributed by atoms with E-state index < -0.39 is 0 Å². The van der Waals surface area contributed by atoms with Gasteiger partial charge in [-0.05, 0) is 0 Å². The zero-order valence-electron chi connectivity index (χ0n) is 11.7. The molecule has 0 atom stereocenters. The van der Waals surface area contributed by atoms with Crippen LogP contribution in [0.1, 0.15) is 0 Å². The molecule has 0 saturated heterocycles. The first-order chi connectivity index (χ1) is 9.45.